The molecule has 2 nitrogen and oxygen atoms in total. The Labute approximate surface area is 138 Å². The van der Waals surface area contributed by atoms with Gasteiger partial charge < -0.3 is 0 Å². The fourth-order valence-electron chi connectivity index (χ4n) is 2.60. The van der Waals surface area contributed by atoms with Crippen LogP contribution in [0.5, 0.6) is 0 Å². The molecule has 0 unspecified atom stereocenters. The first-order valence-corrected chi connectivity index (χ1v) is 8.36. The summed E-state index contributed by atoms with van der Waals surface area (Å²) < 4.78 is 0. The minimum Gasteiger partial charge on any atom is -0.293 e. The van der Waals surface area contributed by atoms with Crippen LogP contribution in [0.1, 0.15) is 50.9 Å². The van der Waals surface area contributed by atoms with Crippen LogP contribution in [0.3, 0.4) is 0 Å². The van der Waals surface area contributed by atoms with Gasteiger partial charge in [-0.3, -0.25) is 9.69 Å². The maximum atomic E-state index is 12.5. The van der Waals surface area contributed by atoms with Crippen molar-refractivity contribution in [3.63, 3.8) is 0 Å². The number of hydrogen-bond acceptors (Lipinski definition) is 2. The first-order valence-electron chi connectivity index (χ1n) is 7.61. The second kappa shape index (κ2) is 8.77. The van der Waals surface area contributed by atoms with E-state index in [2.05, 4.69) is 32.6 Å². The van der Waals surface area contributed by atoms with Gasteiger partial charge in [-0.1, -0.05) is 50.9 Å². The summed E-state index contributed by atoms with van der Waals surface area (Å²) in [5.74, 6) is 0.586. The molecule has 0 amide bonds. The van der Waals surface area contributed by atoms with Gasteiger partial charge in [-0.05, 0) is 37.0 Å². The third kappa shape index (κ3) is 5.61. The van der Waals surface area contributed by atoms with Crippen LogP contribution < -0.4 is 0 Å². The Balaban J connectivity index is 2.88. The molecule has 1 rings (SSSR count). The lowest BCUT2D eigenvalue weighted by Crippen LogP contribution is -2.40. The minimum absolute atomic E-state index is 0.0595. The monoisotopic (exact) mass is 329 g/mol. The van der Waals surface area contributed by atoms with Gasteiger partial charge in [-0.15, -0.1) is 0 Å². The second-order valence-electron chi connectivity index (χ2n) is 5.84. The van der Waals surface area contributed by atoms with Crippen molar-refractivity contribution in [3.8, 4) is 0 Å². The fraction of sp³-hybridized carbons (Fsp3) is 0.588. The van der Waals surface area contributed by atoms with E-state index in [1.807, 2.05) is 0 Å². The Morgan fingerprint density at radius 1 is 1.19 bits per heavy atom. The van der Waals surface area contributed by atoms with E-state index in [-0.39, 0.29) is 5.78 Å². The minimum atomic E-state index is 0.0595. The van der Waals surface area contributed by atoms with E-state index in [1.165, 1.54) is 0 Å². The van der Waals surface area contributed by atoms with Crippen molar-refractivity contribution in [2.24, 2.45) is 5.92 Å². The van der Waals surface area contributed by atoms with Crippen molar-refractivity contribution >= 4 is 29.0 Å². The molecule has 0 saturated carbocycles. The third-order valence-corrected chi connectivity index (χ3v) is 4.18. The van der Waals surface area contributed by atoms with Crippen molar-refractivity contribution < 1.29 is 4.79 Å². The van der Waals surface area contributed by atoms with Crippen LogP contribution in [-0.2, 0) is 0 Å². The molecule has 0 N–H and O–H groups in total. The van der Waals surface area contributed by atoms with Gasteiger partial charge in [-0.25, -0.2) is 0 Å². The summed E-state index contributed by atoms with van der Waals surface area (Å²) in [5, 5.41) is 0.983. The van der Waals surface area contributed by atoms with Crippen LogP contribution in [0.2, 0.25) is 10.0 Å². The van der Waals surface area contributed by atoms with E-state index in [0.29, 0.717) is 34.1 Å². The number of Topliss-reactive ketones (excluding diaryl/α,β-unsaturated/α-hetero) is 1. The summed E-state index contributed by atoms with van der Waals surface area (Å²) in [6.07, 6.45) is 2.09. The molecular weight excluding hydrogens is 305 g/mol. The number of ketones is 1. The Hall–Kier alpha value is -0.570. The number of carbonyl (C=O) groups is 1. The maximum Gasteiger partial charge on any atom is 0.178 e. The van der Waals surface area contributed by atoms with Gasteiger partial charge >= 0.3 is 0 Å². The highest BCUT2D eigenvalue weighted by Crippen LogP contribution is 2.22. The SMILES string of the molecule is CCC(CC)N(CC(=O)c1ccc(Cl)cc1Cl)CC(C)C. The van der Waals surface area contributed by atoms with Gasteiger partial charge in [0.25, 0.3) is 0 Å². The molecule has 21 heavy (non-hydrogen) atoms. The van der Waals surface area contributed by atoms with Crippen LogP contribution in [0.25, 0.3) is 0 Å². The number of carbonyl (C=O) groups excluding carboxylic acids is 1. The first-order chi connectivity index (χ1) is 9.88. The highest BCUT2D eigenvalue weighted by molar-refractivity contribution is 6.36. The van der Waals surface area contributed by atoms with Crippen molar-refractivity contribution in [1.82, 2.24) is 4.90 Å². The van der Waals surface area contributed by atoms with Crippen molar-refractivity contribution in [3.05, 3.63) is 33.8 Å². The summed E-state index contributed by atoms with van der Waals surface area (Å²) in [4.78, 5) is 14.8. The summed E-state index contributed by atoms with van der Waals surface area (Å²) in [7, 11) is 0. The first kappa shape index (κ1) is 18.5. The zero-order chi connectivity index (χ0) is 16.0. The van der Waals surface area contributed by atoms with E-state index < -0.39 is 0 Å². The second-order valence-corrected chi connectivity index (χ2v) is 6.68. The quantitative estimate of drug-likeness (QED) is 0.601. The molecule has 0 aliphatic carbocycles. The lowest BCUT2D eigenvalue weighted by Gasteiger charge is -2.31. The van der Waals surface area contributed by atoms with Crippen LogP contribution in [0.4, 0.5) is 0 Å². The Morgan fingerprint density at radius 3 is 2.29 bits per heavy atom. The summed E-state index contributed by atoms with van der Waals surface area (Å²) >= 11 is 12.0. The molecule has 0 spiro atoms. The van der Waals surface area contributed by atoms with Gasteiger partial charge in [-0.2, -0.15) is 0 Å². The number of nitrogens with zero attached hydrogens (tertiary/aromatic N) is 1. The lowest BCUT2D eigenvalue weighted by atomic mass is 10.0. The summed E-state index contributed by atoms with van der Waals surface area (Å²) in [6, 6.07) is 5.49. The van der Waals surface area contributed by atoms with Gasteiger partial charge in [0, 0.05) is 23.2 Å². The molecule has 0 atom stereocenters. The molecule has 0 aromatic heterocycles. The normalized spacial score (nSPS) is 11.7. The summed E-state index contributed by atoms with van der Waals surface area (Å²) in [5.41, 5.74) is 0.556. The van der Waals surface area contributed by atoms with Gasteiger partial charge in [0.1, 0.15) is 0 Å². The molecule has 0 aliphatic rings. The Morgan fingerprint density at radius 2 is 1.81 bits per heavy atom. The highest BCUT2D eigenvalue weighted by Gasteiger charge is 2.21. The van der Waals surface area contributed by atoms with Crippen LogP contribution in [0, 0.1) is 5.92 Å². The molecule has 1 aromatic rings. The zero-order valence-corrected chi connectivity index (χ0v) is 14.8. The predicted molar refractivity (Wildman–Crippen MR) is 91.6 cm³/mol. The predicted octanol–water partition coefficient (Wildman–Crippen LogP) is 5.32. The molecule has 4 heteroatoms. The van der Waals surface area contributed by atoms with Crippen molar-refractivity contribution in [2.75, 3.05) is 13.1 Å². The number of benzene rings is 1. The zero-order valence-electron chi connectivity index (χ0n) is 13.3. The molecule has 0 bridgehead atoms. The van der Waals surface area contributed by atoms with Crippen LogP contribution in [0.15, 0.2) is 18.2 Å². The van der Waals surface area contributed by atoms with Crippen molar-refractivity contribution in [2.45, 2.75) is 46.6 Å². The Bertz CT molecular complexity index is 470. The standard InChI is InChI=1S/C17H25Cl2NO/c1-5-14(6-2)20(10-12(3)4)11-17(21)15-8-7-13(18)9-16(15)19/h7-9,12,14H,5-6,10-11H2,1-4H3. The van der Waals surface area contributed by atoms with E-state index in [1.54, 1.807) is 18.2 Å². The average Bonchev–Trinajstić information content (AvgIpc) is 2.38. The van der Waals surface area contributed by atoms with Gasteiger partial charge in [0.2, 0.25) is 0 Å². The van der Waals surface area contributed by atoms with Crippen LogP contribution in [-0.4, -0.2) is 29.8 Å². The van der Waals surface area contributed by atoms with E-state index in [4.69, 9.17) is 23.2 Å². The molecule has 0 heterocycles. The molecular formula is C17H25Cl2NO. The molecule has 118 valence electrons. The van der Waals surface area contributed by atoms with E-state index in [0.717, 1.165) is 19.4 Å². The van der Waals surface area contributed by atoms with Crippen LogP contribution >= 0.6 is 23.2 Å². The molecule has 0 aliphatic heterocycles. The molecule has 1 aromatic carbocycles. The molecule has 0 fully saturated rings. The molecule has 0 radical (unpaired) electrons. The highest BCUT2D eigenvalue weighted by atomic mass is 35.5. The topological polar surface area (TPSA) is 20.3 Å². The van der Waals surface area contributed by atoms with E-state index >= 15 is 0 Å². The third-order valence-electron chi connectivity index (χ3n) is 3.64. The average molecular weight is 330 g/mol. The lowest BCUT2D eigenvalue weighted by molar-refractivity contribution is 0.0866. The summed E-state index contributed by atoms with van der Waals surface area (Å²) in [6.45, 7) is 10.0. The number of halogens is 2. The van der Waals surface area contributed by atoms with Crippen molar-refractivity contribution in [1.29, 1.82) is 0 Å². The number of rotatable bonds is 8. The van der Waals surface area contributed by atoms with Gasteiger partial charge in [0.15, 0.2) is 5.78 Å². The number of hydrogen-bond donors (Lipinski definition) is 0. The maximum absolute atomic E-state index is 12.5. The largest absolute Gasteiger partial charge is 0.293 e. The van der Waals surface area contributed by atoms with Gasteiger partial charge in [0.05, 0.1) is 11.6 Å². The van der Waals surface area contributed by atoms with E-state index in [9.17, 15) is 4.79 Å². The molecule has 0 saturated heterocycles. The Kier molecular flexibility index (Phi) is 7.72. The smallest absolute Gasteiger partial charge is 0.178 e. The fourth-order valence-corrected chi connectivity index (χ4v) is 3.12.